The lowest BCUT2D eigenvalue weighted by molar-refractivity contribution is -0.274. The number of hydrogen-bond donors (Lipinski definition) is 1. The molecule has 0 aliphatic carbocycles. The highest BCUT2D eigenvalue weighted by molar-refractivity contribution is 6.21. The third kappa shape index (κ3) is 5.40. The summed E-state index contributed by atoms with van der Waals surface area (Å²) in [5, 5.41) is 2.73. The van der Waals surface area contributed by atoms with Crippen molar-refractivity contribution in [2.75, 3.05) is 10.2 Å². The van der Waals surface area contributed by atoms with E-state index in [1.54, 1.807) is 37.3 Å². The van der Waals surface area contributed by atoms with Crippen LogP contribution >= 0.6 is 0 Å². The minimum atomic E-state index is -4.85. The van der Waals surface area contributed by atoms with Gasteiger partial charge >= 0.3 is 12.4 Å². The fourth-order valence-corrected chi connectivity index (χ4v) is 3.56. The number of carbonyl (C=O) groups excluding carboxylic acids is 3. The van der Waals surface area contributed by atoms with Gasteiger partial charge in [0.2, 0.25) is 0 Å². The van der Waals surface area contributed by atoms with E-state index in [1.807, 2.05) is 6.07 Å². The smallest absolute Gasteiger partial charge is 0.406 e. The Bertz CT molecular complexity index is 1250. The topological polar surface area (TPSA) is 91.8 Å². The van der Waals surface area contributed by atoms with Gasteiger partial charge in [-0.1, -0.05) is 18.2 Å². The van der Waals surface area contributed by atoms with Crippen molar-refractivity contribution in [2.24, 2.45) is 0 Å². The Balaban J connectivity index is 1.48. The Kier molecular flexibility index (Phi) is 6.41. The molecule has 0 radical (unpaired) electrons. The van der Waals surface area contributed by atoms with Crippen LogP contribution in [-0.2, 0) is 11.3 Å². The molecule has 1 saturated heterocycles. The number of ether oxygens (including phenoxy) is 1. The maximum absolute atomic E-state index is 13.0. The zero-order valence-electron chi connectivity index (χ0n) is 18.3. The molecule has 1 N–H and O–H groups in total. The normalized spacial score (nSPS) is 15.9. The second-order valence-corrected chi connectivity index (χ2v) is 7.67. The van der Waals surface area contributed by atoms with Crippen molar-refractivity contribution in [1.29, 1.82) is 0 Å². The molecule has 1 aliphatic heterocycles. The Morgan fingerprint density at radius 3 is 2.40 bits per heavy atom. The molecule has 2 aromatic carbocycles. The van der Waals surface area contributed by atoms with Gasteiger partial charge in [0, 0.05) is 18.4 Å². The van der Waals surface area contributed by atoms with Gasteiger partial charge in [-0.25, -0.2) is 9.69 Å². The van der Waals surface area contributed by atoms with Crippen LogP contribution in [0.25, 0.3) is 0 Å². The standard InChI is InChI=1S/C24H19F3N4O4/c1-15-22(33)31(18-7-9-19(10-8-18)35-24(25,26)27)23(34)30(15)14-16-11-12-28-20(13-16)21(32)29-17-5-3-2-4-6-17/h2-13,15H,14H2,1H3,(H,29,32). The predicted octanol–water partition coefficient (Wildman–Crippen LogP) is 4.59. The number of halogens is 3. The number of nitrogens with one attached hydrogen (secondary N) is 1. The van der Waals surface area contributed by atoms with Crippen molar-refractivity contribution in [3.05, 3.63) is 84.2 Å². The summed E-state index contributed by atoms with van der Waals surface area (Å²) in [7, 11) is 0. The van der Waals surface area contributed by atoms with Crippen LogP contribution in [-0.4, -0.2) is 40.1 Å². The average Bonchev–Trinajstić information content (AvgIpc) is 3.03. The number of alkyl halides is 3. The molecule has 8 nitrogen and oxygen atoms in total. The van der Waals surface area contributed by atoms with E-state index in [0.29, 0.717) is 11.3 Å². The van der Waals surface area contributed by atoms with Crippen LogP contribution in [0.2, 0.25) is 0 Å². The number of imide groups is 1. The molecule has 3 aromatic rings. The van der Waals surface area contributed by atoms with E-state index in [2.05, 4.69) is 15.0 Å². The summed E-state index contributed by atoms with van der Waals surface area (Å²) in [6, 6.07) is 15.0. The second-order valence-electron chi connectivity index (χ2n) is 7.67. The summed E-state index contributed by atoms with van der Waals surface area (Å²) in [5.74, 6) is -1.43. The quantitative estimate of drug-likeness (QED) is 0.517. The highest BCUT2D eigenvalue weighted by Gasteiger charge is 2.43. The van der Waals surface area contributed by atoms with Crippen molar-refractivity contribution in [2.45, 2.75) is 25.9 Å². The van der Waals surface area contributed by atoms with E-state index in [-0.39, 0.29) is 17.9 Å². The lowest BCUT2D eigenvalue weighted by Crippen LogP contribution is -2.33. The molecule has 1 aromatic heterocycles. The van der Waals surface area contributed by atoms with Crippen LogP contribution in [0.3, 0.4) is 0 Å². The third-order valence-electron chi connectivity index (χ3n) is 5.25. The minimum Gasteiger partial charge on any atom is -0.406 e. The van der Waals surface area contributed by atoms with E-state index >= 15 is 0 Å². The number of anilines is 2. The summed E-state index contributed by atoms with van der Waals surface area (Å²) in [6.07, 6.45) is -3.42. The van der Waals surface area contributed by atoms with Gasteiger partial charge in [-0.05, 0) is 61.0 Å². The molecule has 0 saturated carbocycles. The number of carbonyl (C=O) groups is 3. The minimum absolute atomic E-state index is 0.0195. The van der Waals surface area contributed by atoms with E-state index in [1.165, 1.54) is 29.3 Å². The predicted molar refractivity (Wildman–Crippen MR) is 120 cm³/mol. The zero-order chi connectivity index (χ0) is 25.2. The van der Waals surface area contributed by atoms with Crippen molar-refractivity contribution in [1.82, 2.24) is 9.88 Å². The lowest BCUT2D eigenvalue weighted by Gasteiger charge is -2.19. The SMILES string of the molecule is CC1C(=O)N(c2ccc(OC(F)(F)F)cc2)C(=O)N1Cc1ccnc(C(=O)Nc2ccccc2)c1. The molecule has 0 bridgehead atoms. The van der Waals surface area contributed by atoms with Crippen molar-refractivity contribution in [3.8, 4) is 5.75 Å². The number of amides is 4. The fraction of sp³-hybridized carbons (Fsp3) is 0.167. The zero-order valence-corrected chi connectivity index (χ0v) is 18.3. The summed E-state index contributed by atoms with van der Waals surface area (Å²) in [6.45, 7) is 1.57. The maximum atomic E-state index is 13.0. The molecule has 4 amide bonds. The van der Waals surface area contributed by atoms with Gasteiger partial charge in [-0.2, -0.15) is 0 Å². The fourth-order valence-electron chi connectivity index (χ4n) is 3.56. The van der Waals surface area contributed by atoms with E-state index in [9.17, 15) is 27.6 Å². The van der Waals surface area contributed by atoms with Crippen LogP contribution < -0.4 is 15.0 Å². The molecule has 1 aliphatic rings. The summed E-state index contributed by atoms with van der Waals surface area (Å²) in [4.78, 5) is 44.6. The monoisotopic (exact) mass is 484 g/mol. The molecule has 1 atom stereocenters. The first-order valence-electron chi connectivity index (χ1n) is 10.4. The number of hydrogen-bond acceptors (Lipinski definition) is 5. The summed E-state index contributed by atoms with van der Waals surface area (Å²) in [5.41, 5.74) is 1.42. The highest BCUT2D eigenvalue weighted by Crippen LogP contribution is 2.30. The summed E-state index contributed by atoms with van der Waals surface area (Å²) >= 11 is 0. The van der Waals surface area contributed by atoms with E-state index in [4.69, 9.17) is 0 Å². The van der Waals surface area contributed by atoms with Crippen molar-refractivity contribution >= 4 is 29.2 Å². The van der Waals surface area contributed by atoms with Gasteiger partial charge in [0.05, 0.1) is 5.69 Å². The number of rotatable bonds is 6. The molecule has 1 unspecified atom stereocenters. The molecule has 2 heterocycles. The van der Waals surface area contributed by atoms with E-state index < -0.39 is 36.0 Å². The Morgan fingerprint density at radius 2 is 1.74 bits per heavy atom. The number of urea groups is 1. The average molecular weight is 484 g/mol. The summed E-state index contributed by atoms with van der Waals surface area (Å²) < 4.78 is 41.0. The Labute approximate surface area is 197 Å². The van der Waals surface area contributed by atoms with Crippen LogP contribution in [0.4, 0.5) is 29.3 Å². The molecular formula is C24H19F3N4O4. The van der Waals surface area contributed by atoms with Crippen molar-refractivity contribution < 1.29 is 32.3 Å². The van der Waals surface area contributed by atoms with Crippen LogP contribution in [0.5, 0.6) is 5.75 Å². The van der Waals surface area contributed by atoms with E-state index in [0.717, 1.165) is 17.0 Å². The van der Waals surface area contributed by atoms with Crippen molar-refractivity contribution in [3.63, 3.8) is 0 Å². The van der Waals surface area contributed by atoms with Crippen LogP contribution in [0.15, 0.2) is 72.9 Å². The van der Waals surface area contributed by atoms with Gasteiger partial charge in [0.1, 0.15) is 17.5 Å². The Morgan fingerprint density at radius 1 is 1.06 bits per heavy atom. The number of para-hydroxylation sites is 1. The third-order valence-corrected chi connectivity index (χ3v) is 5.25. The Hall–Kier alpha value is -4.41. The molecule has 11 heteroatoms. The second kappa shape index (κ2) is 9.45. The number of pyridine rings is 1. The van der Waals surface area contributed by atoms with Gasteiger partial charge in [-0.15, -0.1) is 13.2 Å². The molecule has 1 fully saturated rings. The maximum Gasteiger partial charge on any atom is 0.573 e. The molecule has 0 spiro atoms. The molecule has 180 valence electrons. The van der Waals surface area contributed by atoms with Crippen LogP contribution in [0, 0.1) is 0 Å². The number of nitrogens with zero attached hydrogens (tertiary/aromatic N) is 3. The van der Waals surface area contributed by atoms with Gasteiger partial charge in [-0.3, -0.25) is 14.6 Å². The van der Waals surface area contributed by atoms with Gasteiger partial charge in [0.25, 0.3) is 11.8 Å². The number of aromatic nitrogens is 1. The molecular weight excluding hydrogens is 465 g/mol. The largest absolute Gasteiger partial charge is 0.573 e. The highest BCUT2D eigenvalue weighted by atomic mass is 19.4. The first-order valence-corrected chi connectivity index (χ1v) is 10.4. The lowest BCUT2D eigenvalue weighted by atomic mass is 10.2. The number of benzene rings is 2. The van der Waals surface area contributed by atoms with Crippen LogP contribution in [0.1, 0.15) is 23.0 Å². The first kappa shape index (κ1) is 23.7. The molecule has 35 heavy (non-hydrogen) atoms. The van der Waals surface area contributed by atoms with Gasteiger partial charge < -0.3 is 15.0 Å². The first-order chi connectivity index (χ1) is 16.6. The van der Waals surface area contributed by atoms with Gasteiger partial charge in [0.15, 0.2) is 0 Å². The molecule has 4 rings (SSSR count).